The molecule has 0 aliphatic carbocycles. The lowest BCUT2D eigenvalue weighted by molar-refractivity contribution is -0.127. The van der Waals surface area contributed by atoms with Crippen LogP contribution in [0.25, 0.3) is 0 Å². The number of fused-ring (bicyclic) bond motifs is 1. The van der Waals surface area contributed by atoms with Gasteiger partial charge in [-0.3, -0.25) is 4.79 Å². The van der Waals surface area contributed by atoms with Gasteiger partial charge in [0.05, 0.1) is 18.8 Å². The van der Waals surface area contributed by atoms with E-state index < -0.39 is 6.10 Å². The lowest BCUT2D eigenvalue weighted by Crippen LogP contribution is -2.49. The molecular weight excluding hydrogens is 311 g/mol. The minimum absolute atomic E-state index is 0.176. The fraction of sp³-hybridized carbons (Fsp3) is 0.278. The number of ether oxygens (including phenoxy) is 2. The Morgan fingerprint density at radius 3 is 2.83 bits per heavy atom. The molecule has 3 rings (SSSR count). The van der Waals surface area contributed by atoms with Crippen molar-refractivity contribution in [2.24, 2.45) is 0 Å². The summed E-state index contributed by atoms with van der Waals surface area (Å²) in [4.78, 5) is 13.9. The van der Waals surface area contributed by atoms with Crippen molar-refractivity contribution >= 4 is 11.6 Å². The Hall–Kier alpha value is -2.76. The molecular formula is C18H19FN2O3. The summed E-state index contributed by atoms with van der Waals surface area (Å²) in [6.07, 6.45) is -0.585. The number of likely N-dealkylation sites (N-methyl/N-ethyl adjacent to an activating group) is 1. The molecule has 5 nitrogen and oxygen atoms in total. The lowest BCUT2D eigenvalue weighted by atomic mass is 10.2. The van der Waals surface area contributed by atoms with Crippen molar-refractivity contribution in [2.45, 2.75) is 6.10 Å². The number of nitrogens with zero attached hydrogens (tertiary/aromatic N) is 1. The first kappa shape index (κ1) is 16.1. The van der Waals surface area contributed by atoms with Gasteiger partial charge in [0, 0.05) is 7.05 Å². The fourth-order valence-electron chi connectivity index (χ4n) is 2.64. The first-order valence-electron chi connectivity index (χ1n) is 7.78. The highest BCUT2D eigenvalue weighted by atomic mass is 19.1. The summed E-state index contributed by atoms with van der Waals surface area (Å²) < 4.78 is 24.9. The van der Waals surface area contributed by atoms with Crippen LogP contribution in [0, 0.1) is 5.82 Å². The Balaban J connectivity index is 1.69. The molecule has 2 aromatic carbocycles. The van der Waals surface area contributed by atoms with E-state index in [1.165, 1.54) is 6.07 Å². The molecule has 0 saturated heterocycles. The normalized spacial score (nSPS) is 16.1. The molecule has 0 bridgehead atoms. The van der Waals surface area contributed by atoms with Crippen LogP contribution >= 0.6 is 0 Å². The van der Waals surface area contributed by atoms with Gasteiger partial charge in [-0.25, -0.2) is 4.39 Å². The number of carbonyl (C=O) groups excluding carboxylic acids is 1. The van der Waals surface area contributed by atoms with Gasteiger partial charge in [-0.05, 0) is 24.3 Å². The van der Waals surface area contributed by atoms with Gasteiger partial charge in [0.15, 0.2) is 17.7 Å². The Morgan fingerprint density at radius 1 is 1.29 bits per heavy atom. The van der Waals surface area contributed by atoms with Crippen LogP contribution in [0.5, 0.6) is 11.5 Å². The number of carbonyl (C=O) groups is 1. The Morgan fingerprint density at radius 2 is 2.04 bits per heavy atom. The number of hydrogen-bond acceptors (Lipinski definition) is 4. The summed E-state index contributed by atoms with van der Waals surface area (Å²) in [6, 6.07) is 13.8. The molecule has 0 saturated carbocycles. The second-order valence-electron chi connectivity index (χ2n) is 5.41. The third-order valence-electron chi connectivity index (χ3n) is 3.86. The van der Waals surface area contributed by atoms with Crippen LogP contribution in [0.2, 0.25) is 0 Å². The van der Waals surface area contributed by atoms with Gasteiger partial charge in [-0.1, -0.05) is 24.3 Å². The summed E-state index contributed by atoms with van der Waals surface area (Å²) in [5.41, 5.74) is 0.898. The van der Waals surface area contributed by atoms with E-state index >= 15 is 0 Å². The van der Waals surface area contributed by atoms with Crippen molar-refractivity contribution in [1.82, 2.24) is 5.32 Å². The number of rotatable bonds is 5. The highest BCUT2D eigenvalue weighted by molar-refractivity contribution is 5.83. The summed E-state index contributed by atoms with van der Waals surface area (Å²) in [5, 5.41) is 2.60. The zero-order valence-electron chi connectivity index (χ0n) is 13.4. The molecule has 1 atom stereocenters. The number of nitrogens with one attached hydrogen (secondary N) is 1. The van der Waals surface area contributed by atoms with Crippen LogP contribution in [0.3, 0.4) is 0 Å². The molecule has 1 heterocycles. The second-order valence-corrected chi connectivity index (χ2v) is 5.41. The molecule has 126 valence electrons. The topological polar surface area (TPSA) is 50.8 Å². The number of amides is 1. The van der Waals surface area contributed by atoms with Crippen LogP contribution in [0.4, 0.5) is 10.1 Å². The molecule has 1 amide bonds. The smallest absolute Gasteiger partial charge is 0.262 e. The first-order chi connectivity index (χ1) is 11.7. The molecule has 1 aliphatic heterocycles. The summed E-state index contributed by atoms with van der Waals surface area (Å²) in [7, 11) is 1.58. The van der Waals surface area contributed by atoms with Crippen molar-refractivity contribution in [3.63, 3.8) is 0 Å². The minimum atomic E-state index is -0.585. The van der Waals surface area contributed by atoms with Crippen molar-refractivity contribution in [1.29, 1.82) is 0 Å². The minimum Gasteiger partial charge on any atom is -0.489 e. The maximum Gasteiger partial charge on any atom is 0.262 e. The average Bonchev–Trinajstić information content (AvgIpc) is 2.62. The Kier molecular flexibility index (Phi) is 4.84. The average molecular weight is 330 g/mol. The predicted molar refractivity (Wildman–Crippen MR) is 89.0 cm³/mol. The van der Waals surface area contributed by atoms with E-state index in [2.05, 4.69) is 5.32 Å². The maximum absolute atomic E-state index is 13.6. The highest BCUT2D eigenvalue weighted by Crippen LogP contribution is 2.32. The summed E-state index contributed by atoms with van der Waals surface area (Å²) in [6.45, 7) is 1.23. The van der Waals surface area contributed by atoms with Gasteiger partial charge in [0.2, 0.25) is 0 Å². The number of para-hydroxylation sites is 3. The van der Waals surface area contributed by atoms with Crippen molar-refractivity contribution in [3.05, 3.63) is 54.3 Å². The first-order valence-corrected chi connectivity index (χ1v) is 7.78. The SMILES string of the molecule is CNC(=O)[C@H]1CN(CCOc2ccccc2F)c2ccccc2O1. The molecule has 2 aromatic rings. The van der Waals surface area contributed by atoms with Gasteiger partial charge in [-0.2, -0.15) is 0 Å². The molecule has 24 heavy (non-hydrogen) atoms. The van der Waals surface area contributed by atoms with Crippen molar-refractivity contribution in [2.75, 3.05) is 31.6 Å². The van der Waals surface area contributed by atoms with Crippen LogP contribution in [0.1, 0.15) is 0 Å². The van der Waals surface area contributed by atoms with Crippen LogP contribution in [0.15, 0.2) is 48.5 Å². The molecule has 0 aromatic heterocycles. The second kappa shape index (κ2) is 7.21. The molecule has 0 fully saturated rings. The number of hydrogen-bond donors (Lipinski definition) is 1. The summed E-state index contributed by atoms with van der Waals surface area (Å²) in [5.74, 6) is 0.317. The zero-order chi connectivity index (χ0) is 16.9. The third-order valence-corrected chi connectivity index (χ3v) is 3.86. The molecule has 0 unspecified atom stereocenters. The zero-order valence-corrected chi connectivity index (χ0v) is 13.4. The van der Waals surface area contributed by atoms with E-state index in [0.717, 1.165) is 5.69 Å². The van der Waals surface area contributed by atoms with Gasteiger partial charge >= 0.3 is 0 Å². The molecule has 1 aliphatic rings. The third kappa shape index (κ3) is 3.42. The van der Waals surface area contributed by atoms with Crippen LogP contribution in [-0.2, 0) is 4.79 Å². The molecule has 6 heteroatoms. The highest BCUT2D eigenvalue weighted by Gasteiger charge is 2.29. The van der Waals surface area contributed by atoms with Crippen molar-refractivity contribution < 1.29 is 18.7 Å². The standard InChI is InChI=1S/C18H19FN2O3/c1-20-18(22)17-12-21(14-7-3-5-9-16(14)24-17)10-11-23-15-8-4-2-6-13(15)19/h2-9,17H,10-12H2,1H3,(H,20,22)/t17-/m1/s1. The van der Waals surface area contributed by atoms with Gasteiger partial charge in [0.1, 0.15) is 12.4 Å². The number of benzene rings is 2. The number of halogens is 1. The Labute approximate surface area is 140 Å². The number of anilines is 1. The van der Waals surface area contributed by atoms with E-state index in [1.807, 2.05) is 29.2 Å². The van der Waals surface area contributed by atoms with E-state index in [9.17, 15) is 9.18 Å². The van der Waals surface area contributed by atoms with Crippen LogP contribution in [-0.4, -0.2) is 38.8 Å². The lowest BCUT2D eigenvalue weighted by Gasteiger charge is -2.35. The quantitative estimate of drug-likeness (QED) is 0.913. The van der Waals surface area contributed by atoms with Gasteiger partial charge in [0.25, 0.3) is 5.91 Å². The molecule has 1 N–H and O–H groups in total. The largest absolute Gasteiger partial charge is 0.489 e. The van der Waals surface area contributed by atoms with Crippen LogP contribution < -0.4 is 19.7 Å². The van der Waals surface area contributed by atoms with Crippen molar-refractivity contribution in [3.8, 4) is 11.5 Å². The van der Waals surface area contributed by atoms with E-state index in [0.29, 0.717) is 25.4 Å². The molecule has 0 spiro atoms. The Bertz CT molecular complexity index is 723. The van der Waals surface area contributed by atoms with E-state index in [4.69, 9.17) is 9.47 Å². The van der Waals surface area contributed by atoms with E-state index in [1.54, 1.807) is 25.2 Å². The van der Waals surface area contributed by atoms with E-state index in [-0.39, 0.29) is 17.5 Å². The molecule has 0 radical (unpaired) electrons. The summed E-state index contributed by atoms with van der Waals surface area (Å²) >= 11 is 0. The van der Waals surface area contributed by atoms with Gasteiger partial charge in [-0.15, -0.1) is 0 Å². The fourth-order valence-corrected chi connectivity index (χ4v) is 2.64. The van der Waals surface area contributed by atoms with Gasteiger partial charge < -0.3 is 19.7 Å². The monoisotopic (exact) mass is 330 g/mol. The maximum atomic E-state index is 13.6. The predicted octanol–water partition coefficient (Wildman–Crippen LogP) is 2.22.